The Morgan fingerprint density at radius 2 is 1.40 bits per heavy atom. The van der Waals surface area contributed by atoms with E-state index in [9.17, 15) is 18.0 Å². The van der Waals surface area contributed by atoms with Crippen molar-refractivity contribution in [3.63, 3.8) is 0 Å². The average Bonchev–Trinajstić information content (AvgIpc) is 2.98. The van der Waals surface area contributed by atoms with Crippen molar-refractivity contribution in [1.29, 1.82) is 0 Å². The zero-order valence-corrected chi connectivity index (χ0v) is 24.4. The predicted octanol–water partition coefficient (Wildman–Crippen LogP) is 4.23. The normalized spacial score (nSPS) is 12.6. The minimum absolute atomic E-state index is 0.00854. The molecule has 2 amide bonds. The number of amides is 2. The van der Waals surface area contributed by atoms with E-state index in [-0.39, 0.29) is 23.4 Å². The minimum atomic E-state index is -4.15. The Labute approximate surface area is 236 Å². The lowest BCUT2D eigenvalue weighted by Crippen LogP contribution is -2.52. The molecule has 0 radical (unpaired) electrons. The number of anilines is 1. The van der Waals surface area contributed by atoms with Crippen molar-refractivity contribution in [2.24, 2.45) is 0 Å². The number of carbonyl (C=O) groups is 2. The molecule has 0 spiro atoms. The minimum Gasteiger partial charge on any atom is -0.497 e. The molecule has 40 heavy (non-hydrogen) atoms. The van der Waals surface area contributed by atoms with E-state index in [4.69, 9.17) is 9.47 Å². The van der Waals surface area contributed by atoms with Crippen LogP contribution in [0.3, 0.4) is 0 Å². The van der Waals surface area contributed by atoms with E-state index in [1.807, 2.05) is 26.0 Å². The Morgan fingerprint density at radius 3 is 1.93 bits per heavy atom. The Kier molecular flexibility index (Phi) is 10.6. The third-order valence-electron chi connectivity index (χ3n) is 6.65. The molecule has 0 aliphatic carbocycles. The van der Waals surface area contributed by atoms with Gasteiger partial charge in [-0.1, -0.05) is 37.3 Å². The third-order valence-corrected chi connectivity index (χ3v) is 8.44. The number of hydrogen-bond acceptors (Lipinski definition) is 6. The largest absolute Gasteiger partial charge is 0.497 e. The van der Waals surface area contributed by atoms with Crippen molar-refractivity contribution in [1.82, 2.24) is 10.2 Å². The molecule has 2 atom stereocenters. The van der Waals surface area contributed by atoms with Gasteiger partial charge >= 0.3 is 0 Å². The molecule has 9 nitrogen and oxygen atoms in total. The number of sulfonamides is 1. The maximum absolute atomic E-state index is 13.9. The molecule has 214 valence electrons. The smallest absolute Gasteiger partial charge is 0.264 e. The standard InChI is InChI=1S/C30H37N3O6S/c1-6-22(2)31-30(35)23(3)32(20-24-12-14-26(38-4)15-13-24)29(34)21-33(25-10-8-7-9-11-25)40(36,37)28-18-16-27(39-5)17-19-28/h7-19,22-23H,6,20-21H2,1-5H3,(H,31,35)/t22-,23-/m1/s1. The average molecular weight is 568 g/mol. The van der Waals surface area contributed by atoms with Crippen molar-refractivity contribution in [2.75, 3.05) is 25.1 Å². The number of para-hydroxylation sites is 1. The summed E-state index contributed by atoms with van der Waals surface area (Å²) in [5, 5.41) is 2.92. The van der Waals surface area contributed by atoms with Gasteiger partial charge in [0.05, 0.1) is 24.8 Å². The van der Waals surface area contributed by atoms with E-state index in [0.717, 1.165) is 16.3 Å². The first-order valence-corrected chi connectivity index (χ1v) is 14.5. The van der Waals surface area contributed by atoms with Crippen LogP contribution in [0, 0.1) is 0 Å². The third kappa shape index (κ3) is 7.53. The van der Waals surface area contributed by atoms with Crippen LogP contribution in [0.2, 0.25) is 0 Å². The molecule has 0 aliphatic rings. The molecule has 0 bridgehead atoms. The lowest BCUT2D eigenvalue weighted by Gasteiger charge is -2.32. The summed E-state index contributed by atoms with van der Waals surface area (Å²) in [5.74, 6) is 0.321. The molecule has 0 fully saturated rings. The fourth-order valence-electron chi connectivity index (χ4n) is 3.97. The lowest BCUT2D eigenvalue weighted by molar-refractivity contribution is -0.139. The Hall–Kier alpha value is -4.05. The van der Waals surface area contributed by atoms with Gasteiger partial charge < -0.3 is 19.7 Å². The first-order valence-electron chi connectivity index (χ1n) is 13.0. The zero-order chi connectivity index (χ0) is 29.3. The number of methoxy groups -OCH3 is 2. The molecule has 3 aromatic rings. The van der Waals surface area contributed by atoms with Crippen LogP contribution in [0.4, 0.5) is 5.69 Å². The molecule has 1 N–H and O–H groups in total. The second kappa shape index (κ2) is 13.8. The van der Waals surface area contributed by atoms with E-state index in [0.29, 0.717) is 17.2 Å². The van der Waals surface area contributed by atoms with Crippen LogP contribution >= 0.6 is 0 Å². The molecule has 0 saturated heterocycles. The zero-order valence-electron chi connectivity index (χ0n) is 23.5. The topological polar surface area (TPSA) is 105 Å². The van der Waals surface area contributed by atoms with Crippen molar-refractivity contribution in [3.05, 3.63) is 84.4 Å². The van der Waals surface area contributed by atoms with Gasteiger partial charge in [0.1, 0.15) is 24.1 Å². The van der Waals surface area contributed by atoms with Crippen LogP contribution in [-0.2, 0) is 26.2 Å². The van der Waals surface area contributed by atoms with Gasteiger partial charge in [0.25, 0.3) is 10.0 Å². The van der Waals surface area contributed by atoms with Crippen LogP contribution in [0.1, 0.15) is 32.8 Å². The van der Waals surface area contributed by atoms with Crippen LogP contribution in [-0.4, -0.2) is 58.0 Å². The summed E-state index contributed by atoms with van der Waals surface area (Å²) in [5.41, 5.74) is 1.09. The summed E-state index contributed by atoms with van der Waals surface area (Å²) < 4.78 is 39.1. The van der Waals surface area contributed by atoms with Gasteiger partial charge in [-0.15, -0.1) is 0 Å². The summed E-state index contributed by atoms with van der Waals surface area (Å²) in [4.78, 5) is 28.5. The molecule has 0 unspecified atom stereocenters. The second-order valence-corrected chi connectivity index (χ2v) is 11.2. The molecule has 3 rings (SSSR count). The van der Waals surface area contributed by atoms with E-state index in [1.165, 1.54) is 24.1 Å². The highest BCUT2D eigenvalue weighted by Crippen LogP contribution is 2.26. The van der Waals surface area contributed by atoms with Crippen LogP contribution < -0.4 is 19.1 Å². The van der Waals surface area contributed by atoms with Crippen molar-refractivity contribution in [2.45, 2.75) is 50.7 Å². The number of carbonyl (C=O) groups excluding carboxylic acids is 2. The summed E-state index contributed by atoms with van der Waals surface area (Å²) in [6.07, 6.45) is 0.729. The van der Waals surface area contributed by atoms with Crippen LogP contribution in [0.15, 0.2) is 83.8 Å². The summed E-state index contributed by atoms with van der Waals surface area (Å²) in [6.45, 7) is 5.08. The Morgan fingerprint density at radius 1 is 0.850 bits per heavy atom. The van der Waals surface area contributed by atoms with Crippen LogP contribution in [0.5, 0.6) is 11.5 Å². The number of rotatable bonds is 13. The van der Waals surface area contributed by atoms with Gasteiger partial charge in [-0.3, -0.25) is 13.9 Å². The van der Waals surface area contributed by atoms with E-state index >= 15 is 0 Å². The summed E-state index contributed by atoms with van der Waals surface area (Å²) >= 11 is 0. The first-order chi connectivity index (χ1) is 19.1. The molecule has 0 aromatic heterocycles. The maximum Gasteiger partial charge on any atom is 0.264 e. The first kappa shape index (κ1) is 30.5. The Balaban J connectivity index is 1.99. The molecular formula is C30H37N3O6S. The second-order valence-electron chi connectivity index (χ2n) is 9.39. The number of hydrogen-bond donors (Lipinski definition) is 1. The summed E-state index contributed by atoms with van der Waals surface area (Å²) in [6, 6.07) is 20.6. The molecule has 0 saturated carbocycles. The number of nitrogens with one attached hydrogen (secondary N) is 1. The SMILES string of the molecule is CC[C@@H](C)NC(=O)[C@@H](C)N(Cc1ccc(OC)cc1)C(=O)CN(c1ccccc1)S(=O)(=O)c1ccc(OC)cc1. The van der Waals surface area contributed by atoms with Gasteiger partial charge in [-0.05, 0) is 74.4 Å². The van der Waals surface area contributed by atoms with Gasteiger partial charge in [0, 0.05) is 12.6 Å². The van der Waals surface area contributed by atoms with Gasteiger partial charge in [0.2, 0.25) is 11.8 Å². The molecular weight excluding hydrogens is 530 g/mol. The van der Waals surface area contributed by atoms with E-state index in [2.05, 4.69) is 5.32 Å². The fraction of sp³-hybridized carbons (Fsp3) is 0.333. The maximum atomic E-state index is 13.9. The monoisotopic (exact) mass is 567 g/mol. The highest BCUT2D eigenvalue weighted by atomic mass is 32.2. The molecule has 0 aliphatic heterocycles. The van der Waals surface area contributed by atoms with E-state index in [1.54, 1.807) is 68.6 Å². The van der Waals surface area contributed by atoms with Gasteiger partial charge in [-0.25, -0.2) is 8.42 Å². The van der Waals surface area contributed by atoms with Gasteiger partial charge in [-0.2, -0.15) is 0 Å². The quantitative estimate of drug-likeness (QED) is 0.332. The fourth-order valence-corrected chi connectivity index (χ4v) is 5.39. The molecule has 3 aromatic carbocycles. The van der Waals surface area contributed by atoms with Crippen molar-refractivity contribution >= 4 is 27.5 Å². The van der Waals surface area contributed by atoms with Crippen molar-refractivity contribution < 1.29 is 27.5 Å². The Bertz CT molecular complexity index is 1360. The highest BCUT2D eigenvalue weighted by molar-refractivity contribution is 7.92. The predicted molar refractivity (Wildman–Crippen MR) is 155 cm³/mol. The highest BCUT2D eigenvalue weighted by Gasteiger charge is 2.32. The van der Waals surface area contributed by atoms with Gasteiger partial charge in [0.15, 0.2) is 0 Å². The summed E-state index contributed by atoms with van der Waals surface area (Å²) in [7, 11) is -1.09. The molecule has 10 heteroatoms. The van der Waals surface area contributed by atoms with E-state index < -0.39 is 28.5 Å². The lowest BCUT2D eigenvalue weighted by atomic mass is 10.1. The number of nitrogens with zero attached hydrogens (tertiary/aromatic N) is 2. The number of benzene rings is 3. The van der Waals surface area contributed by atoms with Crippen molar-refractivity contribution in [3.8, 4) is 11.5 Å². The number of ether oxygens (including phenoxy) is 2. The molecule has 0 heterocycles. The van der Waals surface area contributed by atoms with Crippen LogP contribution in [0.25, 0.3) is 0 Å².